The Balaban J connectivity index is 1.06. The molecule has 0 radical (unpaired) electrons. The summed E-state index contributed by atoms with van der Waals surface area (Å²) in [6.45, 7) is 4.12. The van der Waals surface area contributed by atoms with Crippen molar-refractivity contribution in [3.8, 4) is 11.4 Å². The lowest BCUT2D eigenvalue weighted by Gasteiger charge is -2.29. The summed E-state index contributed by atoms with van der Waals surface area (Å²) < 4.78 is 30.7. The van der Waals surface area contributed by atoms with Crippen LogP contribution >= 0.6 is 11.8 Å². The minimum absolute atomic E-state index is 0.462. The van der Waals surface area contributed by atoms with Crippen molar-refractivity contribution in [2.75, 3.05) is 31.9 Å². The van der Waals surface area contributed by atoms with Gasteiger partial charge in [-0.2, -0.15) is 4.31 Å². The molecule has 202 valence electrons. The van der Waals surface area contributed by atoms with Gasteiger partial charge >= 0.3 is 0 Å². The molecule has 2 fully saturated rings. The number of rotatable bonds is 9. The highest BCUT2D eigenvalue weighted by molar-refractivity contribution is 7.99. The van der Waals surface area contributed by atoms with Crippen LogP contribution in [-0.2, 0) is 23.0 Å². The second-order valence-corrected chi connectivity index (χ2v) is 13.8. The SMILES string of the molecule is O=S(=O)(c1ccc2c(c1)CN(CCCSc1nnc(-c3ccccc3)n1C1CC1)CC2)N1CCCCCC1. The lowest BCUT2D eigenvalue weighted by molar-refractivity contribution is 0.255. The molecule has 3 heterocycles. The van der Waals surface area contributed by atoms with Gasteiger partial charge in [-0.15, -0.1) is 10.2 Å². The van der Waals surface area contributed by atoms with E-state index in [1.807, 2.05) is 24.3 Å². The first-order chi connectivity index (χ1) is 18.6. The van der Waals surface area contributed by atoms with Crippen LogP contribution in [0.25, 0.3) is 11.4 Å². The Morgan fingerprint density at radius 2 is 1.68 bits per heavy atom. The van der Waals surface area contributed by atoms with Gasteiger partial charge in [0, 0.05) is 43.5 Å². The van der Waals surface area contributed by atoms with E-state index in [-0.39, 0.29) is 0 Å². The Hall–Kier alpha value is -2.20. The highest BCUT2D eigenvalue weighted by Crippen LogP contribution is 2.41. The van der Waals surface area contributed by atoms with E-state index in [9.17, 15) is 8.42 Å². The highest BCUT2D eigenvalue weighted by atomic mass is 32.2. The Morgan fingerprint density at radius 3 is 2.45 bits per heavy atom. The van der Waals surface area contributed by atoms with Crippen LogP contribution in [0.5, 0.6) is 0 Å². The molecule has 1 saturated heterocycles. The maximum absolute atomic E-state index is 13.3. The summed E-state index contributed by atoms with van der Waals surface area (Å²) in [4.78, 5) is 2.93. The molecule has 2 aromatic carbocycles. The monoisotopic (exact) mass is 551 g/mol. The molecule has 3 aromatic rings. The molecule has 2 aliphatic heterocycles. The largest absolute Gasteiger partial charge is 0.299 e. The van der Waals surface area contributed by atoms with Crippen molar-refractivity contribution in [1.29, 1.82) is 0 Å². The average molecular weight is 552 g/mol. The van der Waals surface area contributed by atoms with Crippen LogP contribution in [0.2, 0.25) is 0 Å². The number of aromatic nitrogens is 3. The fraction of sp³-hybridized carbons (Fsp3) is 0.517. The zero-order valence-electron chi connectivity index (χ0n) is 22.0. The van der Waals surface area contributed by atoms with Crippen molar-refractivity contribution in [1.82, 2.24) is 24.0 Å². The molecular weight excluding hydrogens is 514 g/mol. The predicted octanol–water partition coefficient (Wildman–Crippen LogP) is 5.39. The van der Waals surface area contributed by atoms with E-state index in [1.54, 1.807) is 16.1 Å². The maximum Gasteiger partial charge on any atom is 0.243 e. The fourth-order valence-corrected chi connectivity index (χ4v) is 8.14. The second-order valence-electron chi connectivity index (χ2n) is 10.8. The number of fused-ring (bicyclic) bond motifs is 1. The molecule has 0 bridgehead atoms. The average Bonchev–Trinajstić information content (AvgIpc) is 3.75. The van der Waals surface area contributed by atoms with Crippen molar-refractivity contribution < 1.29 is 8.42 Å². The predicted molar refractivity (Wildman–Crippen MR) is 152 cm³/mol. The summed E-state index contributed by atoms with van der Waals surface area (Å²) in [7, 11) is -3.42. The van der Waals surface area contributed by atoms with Gasteiger partial charge in [-0.05, 0) is 68.3 Å². The third kappa shape index (κ3) is 5.71. The quantitative estimate of drug-likeness (QED) is 0.263. The van der Waals surface area contributed by atoms with E-state index in [0.29, 0.717) is 24.0 Å². The molecule has 3 aliphatic rings. The number of hydrogen-bond donors (Lipinski definition) is 0. The standard InChI is InChI=1S/C29H37N5O2S2/c35-38(36,33-17-6-1-2-7-18-33)27-14-11-23-15-19-32(22-25(23)21-27)16-8-20-37-29-31-30-28(34(29)26-12-13-26)24-9-4-3-5-10-24/h3-5,9-11,14,21,26H,1-2,6-8,12-13,15-20,22H2. The first-order valence-electron chi connectivity index (χ1n) is 14.1. The van der Waals surface area contributed by atoms with Gasteiger partial charge < -0.3 is 0 Å². The van der Waals surface area contributed by atoms with E-state index in [2.05, 4.69) is 43.9 Å². The molecular formula is C29H37N5O2S2. The molecule has 6 rings (SSSR count). The van der Waals surface area contributed by atoms with E-state index in [4.69, 9.17) is 0 Å². The second kappa shape index (κ2) is 11.5. The summed E-state index contributed by atoms with van der Waals surface area (Å²) >= 11 is 1.81. The molecule has 7 nitrogen and oxygen atoms in total. The van der Waals surface area contributed by atoms with Crippen LogP contribution in [0.1, 0.15) is 62.1 Å². The number of thioether (sulfide) groups is 1. The molecule has 1 aromatic heterocycles. The molecule has 0 atom stereocenters. The smallest absolute Gasteiger partial charge is 0.243 e. The normalized spacial score (nSPS) is 19.3. The molecule has 0 amide bonds. The van der Waals surface area contributed by atoms with Crippen LogP contribution < -0.4 is 0 Å². The topological polar surface area (TPSA) is 71.3 Å². The van der Waals surface area contributed by atoms with Crippen molar-refractivity contribution in [3.63, 3.8) is 0 Å². The van der Waals surface area contributed by atoms with Gasteiger partial charge in [0.25, 0.3) is 0 Å². The molecule has 1 saturated carbocycles. The summed E-state index contributed by atoms with van der Waals surface area (Å²) in [5.41, 5.74) is 3.58. The van der Waals surface area contributed by atoms with E-state index < -0.39 is 10.0 Å². The van der Waals surface area contributed by atoms with E-state index >= 15 is 0 Å². The number of benzene rings is 2. The first-order valence-corrected chi connectivity index (χ1v) is 16.5. The van der Waals surface area contributed by atoms with Crippen molar-refractivity contribution in [3.05, 3.63) is 59.7 Å². The third-order valence-corrected chi connectivity index (χ3v) is 10.9. The lowest BCUT2D eigenvalue weighted by atomic mass is 10.00. The molecule has 1 aliphatic carbocycles. The number of sulfonamides is 1. The van der Waals surface area contributed by atoms with Crippen molar-refractivity contribution in [2.45, 2.75) is 74.0 Å². The van der Waals surface area contributed by atoms with Gasteiger partial charge in [0.1, 0.15) is 0 Å². The Bertz CT molecular complexity index is 1350. The summed E-state index contributed by atoms with van der Waals surface area (Å²) in [5.74, 6) is 1.97. The number of nitrogens with zero attached hydrogens (tertiary/aromatic N) is 5. The highest BCUT2D eigenvalue weighted by Gasteiger charge is 2.30. The van der Waals surface area contributed by atoms with Crippen LogP contribution in [0.3, 0.4) is 0 Å². The van der Waals surface area contributed by atoms with Crippen LogP contribution in [-0.4, -0.2) is 64.3 Å². The third-order valence-electron chi connectivity index (χ3n) is 7.93. The van der Waals surface area contributed by atoms with Gasteiger partial charge in [0.2, 0.25) is 10.0 Å². The van der Waals surface area contributed by atoms with Gasteiger partial charge in [-0.3, -0.25) is 9.47 Å². The Labute approximate surface area is 230 Å². The molecule has 0 spiro atoms. The van der Waals surface area contributed by atoms with Crippen molar-refractivity contribution in [2.24, 2.45) is 0 Å². The first kappa shape index (κ1) is 26.0. The van der Waals surface area contributed by atoms with Gasteiger partial charge in [-0.1, -0.05) is 61.0 Å². The van der Waals surface area contributed by atoms with Crippen LogP contribution in [0.4, 0.5) is 0 Å². The van der Waals surface area contributed by atoms with E-state index in [0.717, 1.165) is 80.5 Å². The van der Waals surface area contributed by atoms with Gasteiger partial charge in [0.05, 0.1) is 4.90 Å². The van der Waals surface area contributed by atoms with Crippen LogP contribution in [0.15, 0.2) is 58.6 Å². The molecule has 0 N–H and O–H groups in total. The molecule has 9 heteroatoms. The Kier molecular flexibility index (Phi) is 7.88. The summed E-state index contributed by atoms with van der Waals surface area (Å²) in [6, 6.07) is 16.7. The lowest BCUT2D eigenvalue weighted by Crippen LogP contribution is -2.33. The fourth-order valence-electron chi connectivity index (χ4n) is 5.65. The Morgan fingerprint density at radius 1 is 0.895 bits per heavy atom. The van der Waals surface area contributed by atoms with Gasteiger partial charge in [0.15, 0.2) is 11.0 Å². The van der Waals surface area contributed by atoms with Crippen molar-refractivity contribution >= 4 is 21.8 Å². The maximum atomic E-state index is 13.3. The minimum atomic E-state index is -3.42. The number of hydrogen-bond acceptors (Lipinski definition) is 6. The van der Waals surface area contributed by atoms with Crippen LogP contribution in [0, 0.1) is 0 Å². The van der Waals surface area contributed by atoms with E-state index in [1.165, 1.54) is 24.0 Å². The summed E-state index contributed by atoms with van der Waals surface area (Å²) in [6.07, 6.45) is 8.60. The zero-order chi connectivity index (χ0) is 26.0. The van der Waals surface area contributed by atoms with Gasteiger partial charge in [-0.25, -0.2) is 8.42 Å². The minimum Gasteiger partial charge on any atom is -0.299 e. The molecule has 0 unspecified atom stereocenters. The molecule has 38 heavy (non-hydrogen) atoms. The summed E-state index contributed by atoms with van der Waals surface area (Å²) in [5, 5.41) is 10.1. The zero-order valence-corrected chi connectivity index (χ0v) is 23.6.